The molecule has 3 nitrogen and oxygen atoms in total. The Kier molecular flexibility index (Phi) is 1.41. The Balaban J connectivity index is 2.48. The third kappa shape index (κ3) is 0.992. The van der Waals surface area contributed by atoms with Crippen LogP contribution in [0.15, 0.2) is 0 Å². The van der Waals surface area contributed by atoms with E-state index in [2.05, 4.69) is 4.72 Å². The molecule has 0 spiro atoms. The number of hydrogen-bond donors (Lipinski definition) is 2. The molecular weight excluding hydrogens is 112 g/mol. The van der Waals surface area contributed by atoms with Gasteiger partial charge in [-0.2, -0.15) is 8.93 Å². The molecule has 1 rings (SSSR count). The zero-order chi connectivity index (χ0) is 5.28. The number of rotatable bonds is 0. The Bertz CT molecular complexity index is 94.9. The minimum atomic E-state index is -0.801. The monoisotopic (exact) mass is 121 g/mol. The minimum Gasteiger partial charge on any atom is -0.237 e. The summed E-state index contributed by atoms with van der Waals surface area (Å²) in [6.45, 7) is 1.87. The van der Waals surface area contributed by atoms with Crippen LogP contribution >= 0.6 is 0 Å². The van der Waals surface area contributed by atoms with Gasteiger partial charge in [0.1, 0.15) is 6.54 Å². The average molecular weight is 121 g/mol. The van der Waals surface area contributed by atoms with Gasteiger partial charge in [-0.3, -0.25) is 0 Å². The predicted molar refractivity (Wildman–Crippen MR) is 27.9 cm³/mol. The fraction of sp³-hybridized carbons (Fsp3) is 1.00. The zero-order valence-electron chi connectivity index (χ0n) is 4.23. The van der Waals surface area contributed by atoms with Crippen molar-refractivity contribution in [2.24, 2.45) is 0 Å². The van der Waals surface area contributed by atoms with Gasteiger partial charge < -0.3 is 0 Å². The van der Waals surface area contributed by atoms with Crippen LogP contribution in [-0.4, -0.2) is 24.3 Å². The molecule has 1 fully saturated rings. The molecule has 0 aromatic rings. The van der Waals surface area contributed by atoms with E-state index < -0.39 is 11.2 Å². The van der Waals surface area contributed by atoms with E-state index in [1.165, 1.54) is 0 Å². The van der Waals surface area contributed by atoms with Gasteiger partial charge in [0.05, 0.1) is 13.6 Å². The summed E-state index contributed by atoms with van der Waals surface area (Å²) in [7, 11) is 1.91. The molecule has 42 valence electrons. The molecule has 0 bridgehead atoms. The largest absolute Gasteiger partial charge is 0.286 e. The Morgan fingerprint density at radius 3 is 2.71 bits per heavy atom. The van der Waals surface area contributed by atoms with Gasteiger partial charge in [0.15, 0.2) is 0 Å². The third-order valence-corrected chi connectivity index (χ3v) is 2.33. The molecule has 2 unspecified atom stereocenters. The van der Waals surface area contributed by atoms with Crippen LogP contribution in [0.5, 0.6) is 0 Å². The van der Waals surface area contributed by atoms with E-state index in [0.717, 1.165) is 17.4 Å². The molecule has 7 heavy (non-hydrogen) atoms. The van der Waals surface area contributed by atoms with Crippen molar-refractivity contribution in [1.82, 2.24) is 4.72 Å². The fourth-order valence-corrected chi connectivity index (χ4v) is 1.36. The first-order valence-corrected chi connectivity index (χ1v) is 3.43. The van der Waals surface area contributed by atoms with Gasteiger partial charge in [-0.25, -0.2) is 4.31 Å². The number of hydrogen-bond acceptors (Lipinski definition) is 1. The first-order chi connectivity index (χ1) is 3.30. The summed E-state index contributed by atoms with van der Waals surface area (Å²) >= 11 is -0.801. The van der Waals surface area contributed by atoms with Gasteiger partial charge in [0.25, 0.3) is 11.2 Å². The molecule has 0 saturated carbocycles. The summed E-state index contributed by atoms with van der Waals surface area (Å²) in [6, 6.07) is 0. The summed E-state index contributed by atoms with van der Waals surface area (Å²) in [5.41, 5.74) is 0. The summed E-state index contributed by atoms with van der Waals surface area (Å²) in [6.07, 6.45) is 0. The molecule has 2 atom stereocenters. The van der Waals surface area contributed by atoms with Crippen LogP contribution in [0.4, 0.5) is 0 Å². The van der Waals surface area contributed by atoms with Crippen molar-refractivity contribution in [2.75, 3.05) is 20.1 Å². The normalized spacial score (nSPS) is 41.9. The van der Waals surface area contributed by atoms with Gasteiger partial charge in [-0.1, -0.05) is 0 Å². The van der Waals surface area contributed by atoms with Gasteiger partial charge in [0, 0.05) is 0 Å². The highest BCUT2D eigenvalue weighted by molar-refractivity contribution is 7.76. The van der Waals surface area contributed by atoms with Gasteiger partial charge in [0.2, 0.25) is 0 Å². The number of nitrogens with one attached hydrogen (secondary N) is 2. The second kappa shape index (κ2) is 1.90. The maximum absolute atomic E-state index is 10.5. The van der Waals surface area contributed by atoms with E-state index in [0.29, 0.717) is 0 Å². The molecule has 0 aromatic heterocycles. The Hall–Kier alpha value is 0.0700. The average Bonchev–Trinajstić information content (AvgIpc) is 1.91. The second-order valence-corrected chi connectivity index (χ2v) is 3.14. The van der Waals surface area contributed by atoms with E-state index in [4.69, 9.17) is 0 Å². The molecule has 2 N–H and O–H groups in total. The van der Waals surface area contributed by atoms with Crippen LogP contribution in [0.2, 0.25) is 0 Å². The van der Waals surface area contributed by atoms with Crippen LogP contribution < -0.4 is 9.03 Å². The van der Waals surface area contributed by atoms with Crippen molar-refractivity contribution in [1.29, 1.82) is 0 Å². The molecule has 0 aliphatic carbocycles. The SMILES string of the molecule is C[NH+]1CCNS1=O. The molecule has 0 aromatic carbocycles. The Morgan fingerprint density at radius 2 is 2.57 bits per heavy atom. The molecule has 4 heteroatoms. The molecule has 0 amide bonds. The van der Waals surface area contributed by atoms with Crippen molar-refractivity contribution in [3.8, 4) is 0 Å². The van der Waals surface area contributed by atoms with Gasteiger partial charge in [-0.15, -0.1) is 0 Å². The topological polar surface area (TPSA) is 33.5 Å². The smallest absolute Gasteiger partial charge is 0.237 e. The first-order valence-electron chi connectivity index (χ1n) is 2.28. The summed E-state index contributed by atoms with van der Waals surface area (Å²) in [5, 5.41) is 0. The standard InChI is InChI=1S/C3H8N2OS/c1-5-3-2-4-7(5)6/h4H,2-3H2,1H3/p+1. The molecule has 1 aliphatic heterocycles. The highest BCUT2D eigenvalue weighted by Crippen LogP contribution is 1.64. The fourth-order valence-electron chi connectivity index (χ4n) is 0.536. The van der Waals surface area contributed by atoms with E-state index in [1.807, 2.05) is 7.05 Å². The molecule has 1 heterocycles. The van der Waals surface area contributed by atoms with Crippen molar-refractivity contribution in [3.05, 3.63) is 0 Å². The van der Waals surface area contributed by atoms with E-state index in [9.17, 15) is 4.21 Å². The van der Waals surface area contributed by atoms with E-state index >= 15 is 0 Å². The van der Waals surface area contributed by atoms with Gasteiger partial charge in [-0.05, 0) is 0 Å². The lowest BCUT2D eigenvalue weighted by Crippen LogP contribution is -3.07. The van der Waals surface area contributed by atoms with Crippen LogP contribution in [0.25, 0.3) is 0 Å². The molecule has 1 aliphatic rings. The summed E-state index contributed by atoms with van der Waals surface area (Å²) in [5.74, 6) is 0. The van der Waals surface area contributed by atoms with Crippen molar-refractivity contribution >= 4 is 11.2 Å². The van der Waals surface area contributed by atoms with Crippen molar-refractivity contribution in [2.45, 2.75) is 0 Å². The van der Waals surface area contributed by atoms with Crippen molar-refractivity contribution < 1.29 is 8.51 Å². The highest BCUT2D eigenvalue weighted by atomic mass is 32.2. The van der Waals surface area contributed by atoms with E-state index in [1.54, 1.807) is 0 Å². The quantitative estimate of drug-likeness (QED) is 0.371. The zero-order valence-corrected chi connectivity index (χ0v) is 5.05. The lowest BCUT2D eigenvalue weighted by atomic mass is 10.7. The maximum atomic E-state index is 10.5. The molecule has 0 radical (unpaired) electrons. The minimum absolute atomic E-state index is 0.801. The van der Waals surface area contributed by atoms with Crippen molar-refractivity contribution in [3.63, 3.8) is 0 Å². The Labute approximate surface area is 45.4 Å². The third-order valence-electron chi connectivity index (χ3n) is 1.03. The summed E-state index contributed by atoms with van der Waals surface area (Å²) < 4.78 is 14.4. The van der Waals surface area contributed by atoms with E-state index in [-0.39, 0.29) is 0 Å². The molecular formula is C3H9N2OS+. The van der Waals surface area contributed by atoms with Crippen LogP contribution in [0.1, 0.15) is 0 Å². The van der Waals surface area contributed by atoms with Crippen LogP contribution in [0.3, 0.4) is 0 Å². The predicted octanol–water partition coefficient (Wildman–Crippen LogP) is -2.32. The van der Waals surface area contributed by atoms with Crippen LogP contribution in [-0.2, 0) is 11.2 Å². The first kappa shape index (κ1) is 5.21. The Morgan fingerprint density at radius 1 is 1.86 bits per heavy atom. The lowest BCUT2D eigenvalue weighted by molar-refractivity contribution is -0.729. The number of quaternary nitrogens is 1. The molecule has 1 saturated heterocycles. The van der Waals surface area contributed by atoms with Crippen LogP contribution in [0, 0.1) is 0 Å². The highest BCUT2D eigenvalue weighted by Gasteiger charge is 2.17. The number of likely N-dealkylation sites (N-methyl/N-ethyl adjacent to an activating group) is 1. The summed E-state index contributed by atoms with van der Waals surface area (Å²) in [4.78, 5) is 0. The lowest BCUT2D eigenvalue weighted by Gasteiger charge is -1.95. The maximum Gasteiger partial charge on any atom is 0.286 e. The van der Waals surface area contributed by atoms with Gasteiger partial charge >= 0.3 is 0 Å². The second-order valence-electron chi connectivity index (χ2n) is 1.62.